The van der Waals surface area contributed by atoms with Gasteiger partial charge in [0.05, 0.1) is 26.2 Å². The van der Waals surface area contributed by atoms with Gasteiger partial charge in [0.25, 0.3) is 6.47 Å². The molecule has 0 saturated heterocycles. The first-order valence-electron chi connectivity index (χ1n) is 14.1. The molecule has 0 N–H and O–H groups in total. The minimum Gasteiger partial charge on any atom is -0.461 e. The smallest absolute Gasteiger partial charge is 0.293 e. The lowest BCUT2D eigenvalue weighted by molar-refractivity contribution is -0.925. The Hall–Kier alpha value is -0.570. The molecule has 0 spiro atoms. The van der Waals surface area contributed by atoms with Gasteiger partial charge >= 0.3 is 0 Å². The van der Waals surface area contributed by atoms with Gasteiger partial charge in [-0.25, -0.2) is 0 Å². The van der Waals surface area contributed by atoms with E-state index in [0.717, 1.165) is 24.7 Å². The average molecular weight is 435 g/mol. The van der Waals surface area contributed by atoms with Crippen LogP contribution < -0.4 is 0 Å². The molecule has 0 heterocycles. The van der Waals surface area contributed by atoms with Crippen LogP contribution in [-0.4, -0.2) is 42.7 Å². The molecule has 4 saturated carbocycles. The van der Waals surface area contributed by atoms with Gasteiger partial charge in [-0.15, -0.1) is 0 Å². The second kappa shape index (κ2) is 12.1. The van der Waals surface area contributed by atoms with Gasteiger partial charge in [0.1, 0.15) is 5.60 Å². The summed E-state index contributed by atoms with van der Waals surface area (Å²) in [6, 6.07) is 0. The van der Waals surface area contributed by atoms with Crippen LogP contribution in [0.15, 0.2) is 0 Å². The summed E-state index contributed by atoms with van der Waals surface area (Å²) in [4.78, 5) is 11.5. The van der Waals surface area contributed by atoms with Gasteiger partial charge in [0, 0.05) is 6.42 Å². The van der Waals surface area contributed by atoms with Crippen LogP contribution in [0, 0.1) is 23.7 Å². The zero-order valence-corrected chi connectivity index (χ0v) is 21.1. The first-order valence-corrected chi connectivity index (χ1v) is 14.1. The third-order valence-electron chi connectivity index (χ3n) is 9.82. The van der Waals surface area contributed by atoms with Gasteiger partial charge in [-0.2, -0.15) is 0 Å². The van der Waals surface area contributed by atoms with Gasteiger partial charge in [0.15, 0.2) is 0 Å². The Bertz CT molecular complexity index is 499. The summed E-state index contributed by atoms with van der Waals surface area (Å²) in [6.07, 6.45) is 20.3. The number of nitrogens with zero attached hydrogens (tertiary/aromatic N) is 1. The normalized spacial score (nSPS) is 31.8. The van der Waals surface area contributed by atoms with E-state index in [2.05, 4.69) is 20.8 Å². The van der Waals surface area contributed by atoms with Gasteiger partial charge in [-0.05, 0) is 88.9 Å². The molecule has 180 valence electrons. The Morgan fingerprint density at radius 3 is 1.77 bits per heavy atom. The number of hydrogen-bond donors (Lipinski definition) is 0. The number of ether oxygens (including phenoxy) is 1. The molecule has 0 unspecified atom stereocenters. The minimum atomic E-state index is -0.120. The number of rotatable bonds is 17. The Balaban J connectivity index is 1.46. The lowest BCUT2D eigenvalue weighted by atomic mass is 9.49. The molecule has 0 aromatic carbocycles. The predicted octanol–water partition coefficient (Wildman–Crippen LogP) is 7.13. The van der Waals surface area contributed by atoms with E-state index in [0.29, 0.717) is 11.8 Å². The Morgan fingerprint density at radius 1 is 0.742 bits per heavy atom. The highest BCUT2D eigenvalue weighted by atomic mass is 16.5. The second-order valence-electron chi connectivity index (χ2n) is 11.5. The summed E-state index contributed by atoms with van der Waals surface area (Å²) in [7, 11) is 0. The molecule has 4 aliphatic rings. The van der Waals surface area contributed by atoms with E-state index >= 15 is 0 Å². The van der Waals surface area contributed by atoms with Crippen molar-refractivity contribution in [3.05, 3.63) is 0 Å². The van der Waals surface area contributed by atoms with Gasteiger partial charge in [-0.1, -0.05) is 45.4 Å². The van der Waals surface area contributed by atoms with Crippen molar-refractivity contribution in [3.63, 3.8) is 0 Å². The highest BCUT2D eigenvalue weighted by molar-refractivity contribution is 5.39. The Morgan fingerprint density at radius 2 is 1.26 bits per heavy atom. The molecule has 4 rings (SSSR count). The molecule has 0 aromatic heterocycles. The molecular formula is C28H52NO2+. The molecule has 0 aliphatic heterocycles. The van der Waals surface area contributed by atoms with E-state index in [9.17, 15) is 4.79 Å². The van der Waals surface area contributed by atoms with E-state index < -0.39 is 0 Å². The monoisotopic (exact) mass is 434 g/mol. The number of carbonyl (C=O) groups excluding carboxylic acids is 1. The lowest BCUT2D eigenvalue weighted by Crippen LogP contribution is -2.59. The summed E-state index contributed by atoms with van der Waals surface area (Å²) in [5.74, 6) is 3.14. The summed E-state index contributed by atoms with van der Waals surface area (Å²) < 4.78 is 7.31. The summed E-state index contributed by atoms with van der Waals surface area (Å²) in [6.45, 7) is 12.9. The van der Waals surface area contributed by atoms with E-state index in [1.807, 2.05) is 0 Å². The minimum absolute atomic E-state index is 0.120. The number of carbonyl (C=O) groups is 1. The molecule has 4 aliphatic carbocycles. The number of unbranched alkanes of at least 4 members (excludes halogenated alkanes) is 7. The first kappa shape index (κ1) is 25.1. The zero-order chi connectivity index (χ0) is 22.2. The number of quaternary nitrogens is 1. The molecule has 0 atom stereocenters. The molecule has 0 radical (unpaired) electrons. The fourth-order valence-electron chi connectivity index (χ4n) is 7.97. The Labute approximate surface area is 193 Å². The standard InChI is InChI=1S/C28H52NO2/c1-4-7-8-9-10-11-12-13-16-29(5-2,6-3)17-14-15-28(31-23-30)26-19-24-18-25(21-26)22-27(28)20-24/h23-27H,4-22H2,1-3H3/q+1. The highest BCUT2D eigenvalue weighted by Crippen LogP contribution is 2.60. The van der Waals surface area contributed by atoms with Crippen LogP contribution in [0.4, 0.5) is 0 Å². The van der Waals surface area contributed by atoms with Crippen LogP contribution in [-0.2, 0) is 9.53 Å². The van der Waals surface area contributed by atoms with Crippen LogP contribution in [0.25, 0.3) is 0 Å². The van der Waals surface area contributed by atoms with Crippen LogP contribution >= 0.6 is 0 Å². The van der Waals surface area contributed by atoms with E-state index in [1.165, 1.54) is 121 Å². The maximum Gasteiger partial charge on any atom is 0.293 e. The van der Waals surface area contributed by atoms with E-state index in [1.54, 1.807) is 0 Å². The summed E-state index contributed by atoms with van der Waals surface area (Å²) in [5, 5.41) is 0. The van der Waals surface area contributed by atoms with Crippen molar-refractivity contribution in [3.8, 4) is 0 Å². The lowest BCUT2D eigenvalue weighted by Gasteiger charge is -2.60. The van der Waals surface area contributed by atoms with Crippen molar-refractivity contribution in [1.82, 2.24) is 0 Å². The van der Waals surface area contributed by atoms with E-state index in [4.69, 9.17) is 4.74 Å². The largest absolute Gasteiger partial charge is 0.461 e. The second-order valence-corrected chi connectivity index (χ2v) is 11.5. The summed E-state index contributed by atoms with van der Waals surface area (Å²) >= 11 is 0. The van der Waals surface area contributed by atoms with Crippen molar-refractivity contribution < 1.29 is 14.0 Å². The molecule has 0 aromatic rings. The molecule has 31 heavy (non-hydrogen) atoms. The quantitative estimate of drug-likeness (QED) is 0.138. The zero-order valence-electron chi connectivity index (χ0n) is 21.1. The van der Waals surface area contributed by atoms with Crippen molar-refractivity contribution in [2.45, 2.75) is 123 Å². The fourth-order valence-corrected chi connectivity index (χ4v) is 7.97. The molecule has 3 heteroatoms. The van der Waals surface area contributed by atoms with Crippen molar-refractivity contribution in [1.29, 1.82) is 0 Å². The maximum atomic E-state index is 11.5. The summed E-state index contributed by atoms with van der Waals surface area (Å²) in [5.41, 5.74) is -0.120. The molecule has 0 amide bonds. The SMILES string of the molecule is CCCCCCCCCC[N+](CC)(CC)CCCC1(OC=O)C2CC3CC(C2)CC1C3. The molecular weight excluding hydrogens is 382 g/mol. The Kier molecular flexibility index (Phi) is 9.74. The van der Waals surface area contributed by atoms with Crippen LogP contribution in [0.3, 0.4) is 0 Å². The topological polar surface area (TPSA) is 26.3 Å². The van der Waals surface area contributed by atoms with Crippen molar-refractivity contribution in [2.75, 3.05) is 26.2 Å². The molecule has 3 nitrogen and oxygen atoms in total. The third-order valence-corrected chi connectivity index (χ3v) is 9.82. The van der Waals surface area contributed by atoms with Gasteiger partial charge < -0.3 is 9.22 Å². The van der Waals surface area contributed by atoms with E-state index in [-0.39, 0.29) is 5.60 Å². The molecule has 4 bridgehead atoms. The number of hydrogen-bond acceptors (Lipinski definition) is 2. The van der Waals surface area contributed by atoms with Crippen LogP contribution in [0.2, 0.25) is 0 Å². The van der Waals surface area contributed by atoms with Gasteiger partial charge in [-0.3, -0.25) is 4.79 Å². The van der Waals surface area contributed by atoms with Gasteiger partial charge in [0.2, 0.25) is 0 Å². The third kappa shape index (κ3) is 6.06. The maximum absolute atomic E-state index is 11.5. The van der Waals surface area contributed by atoms with Crippen LogP contribution in [0.5, 0.6) is 0 Å². The van der Waals surface area contributed by atoms with Crippen molar-refractivity contribution >= 4 is 6.47 Å². The van der Waals surface area contributed by atoms with Crippen molar-refractivity contribution in [2.24, 2.45) is 23.7 Å². The average Bonchev–Trinajstić information content (AvgIpc) is 2.77. The van der Waals surface area contributed by atoms with Crippen LogP contribution in [0.1, 0.15) is 117 Å². The highest BCUT2D eigenvalue weighted by Gasteiger charge is 2.58. The molecule has 4 fully saturated rings. The fraction of sp³-hybridized carbons (Fsp3) is 0.964. The predicted molar refractivity (Wildman–Crippen MR) is 130 cm³/mol. The first-order chi connectivity index (χ1) is 15.1.